The van der Waals surface area contributed by atoms with Crippen molar-refractivity contribution < 1.29 is 14.3 Å². The van der Waals surface area contributed by atoms with E-state index < -0.39 is 0 Å². The summed E-state index contributed by atoms with van der Waals surface area (Å²) in [6.07, 6.45) is 0. The number of rotatable bonds is 5. The fourth-order valence-electron chi connectivity index (χ4n) is 1.30. The third kappa shape index (κ3) is 3.55. The fraction of sp³-hybridized carbons (Fsp3) is 0.417. The average molecular weight is 223 g/mol. The number of hydrogen-bond acceptors (Lipinski definition) is 3. The van der Waals surface area contributed by atoms with Crippen LogP contribution in [0.2, 0.25) is 0 Å². The maximum Gasteiger partial charge on any atom is 0.250 e. The molecule has 0 fully saturated rings. The summed E-state index contributed by atoms with van der Waals surface area (Å²) in [5, 5.41) is 2.75. The Morgan fingerprint density at radius 2 is 2.19 bits per heavy atom. The molecule has 0 aliphatic carbocycles. The van der Waals surface area contributed by atoms with Crippen LogP contribution in [0, 0.1) is 6.92 Å². The lowest BCUT2D eigenvalue weighted by molar-refractivity contribution is -0.120. The summed E-state index contributed by atoms with van der Waals surface area (Å²) in [5.41, 5.74) is 1.74. The molecule has 0 aromatic heterocycles. The van der Waals surface area contributed by atoms with Gasteiger partial charge in [0.25, 0.3) is 0 Å². The number of amides is 1. The van der Waals surface area contributed by atoms with Crippen molar-refractivity contribution in [2.45, 2.75) is 13.8 Å². The minimum absolute atomic E-state index is 0.0631. The summed E-state index contributed by atoms with van der Waals surface area (Å²) >= 11 is 0. The van der Waals surface area contributed by atoms with Gasteiger partial charge in [-0.2, -0.15) is 0 Å². The lowest BCUT2D eigenvalue weighted by Crippen LogP contribution is -2.18. The standard InChI is InChI=1S/C12H17NO3/c1-4-16-8-12(14)13-10-7-9(2)5-6-11(10)15-3/h5-7H,4,8H2,1-3H3,(H,13,14). The van der Waals surface area contributed by atoms with Gasteiger partial charge in [-0.15, -0.1) is 0 Å². The van der Waals surface area contributed by atoms with Gasteiger partial charge >= 0.3 is 0 Å². The molecule has 0 unspecified atom stereocenters. The van der Waals surface area contributed by atoms with Gasteiger partial charge in [0.15, 0.2) is 0 Å². The highest BCUT2D eigenvalue weighted by atomic mass is 16.5. The van der Waals surface area contributed by atoms with Gasteiger partial charge in [-0.1, -0.05) is 6.07 Å². The molecule has 0 saturated carbocycles. The van der Waals surface area contributed by atoms with Gasteiger partial charge in [-0.25, -0.2) is 0 Å². The second-order valence-electron chi connectivity index (χ2n) is 3.39. The van der Waals surface area contributed by atoms with Crippen LogP contribution in [0.5, 0.6) is 5.75 Å². The van der Waals surface area contributed by atoms with Crippen molar-refractivity contribution in [3.8, 4) is 5.75 Å². The normalized spacial score (nSPS) is 9.94. The van der Waals surface area contributed by atoms with Crippen LogP contribution in [0.3, 0.4) is 0 Å². The Labute approximate surface area is 95.6 Å². The van der Waals surface area contributed by atoms with Crippen molar-refractivity contribution in [2.75, 3.05) is 25.6 Å². The molecule has 0 aliphatic rings. The monoisotopic (exact) mass is 223 g/mol. The molecule has 4 nitrogen and oxygen atoms in total. The van der Waals surface area contributed by atoms with Crippen molar-refractivity contribution in [3.63, 3.8) is 0 Å². The van der Waals surface area contributed by atoms with Crippen LogP contribution in [0.1, 0.15) is 12.5 Å². The lowest BCUT2D eigenvalue weighted by Gasteiger charge is -2.10. The van der Waals surface area contributed by atoms with Crippen LogP contribution in [-0.2, 0) is 9.53 Å². The van der Waals surface area contributed by atoms with Gasteiger partial charge in [0.1, 0.15) is 12.4 Å². The van der Waals surface area contributed by atoms with Crippen molar-refractivity contribution >= 4 is 11.6 Å². The Bertz CT molecular complexity index is 363. The Balaban J connectivity index is 2.71. The van der Waals surface area contributed by atoms with Crippen LogP contribution in [0.25, 0.3) is 0 Å². The molecule has 0 bridgehead atoms. The predicted octanol–water partition coefficient (Wildman–Crippen LogP) is 1.98. The molecule has 0 saturated heterocycles. The summed E-state index contributed by atoms with van der Waals surface area (Å²) in [6, 6.07) is 5.62. The number of benzene rings is 1. The van der Waals surface area contributed by atoms with E-state index in [4.69, 9.17) is 9.47 Å². The zero-order valence-corrected chi connectivity index (χ0v) is 9.87. The van der Waals surface area contributed by atoms with E-state index in [1.807, 2.05) is 32.0 Å². The number of methoxy groups -OCH3 is 1. The van der Waals surface area contributed by atoms with Crippen molar-refractivity contribution in [3.05, 3.63) is 23.8 Å². The Hall–Kier alpha value is -1.55. The maximum absolute atomic E-state index is 11.5. The van der Waals surface area contributed by atoms with E-state index in [2.05, 4.69) is 5.32 Å². The summed E-state index contributed by atoms with van der Waals surface area (Å²) < 4.78 is 10.2. The quantitative estimate of drug-likeness (QED) is 0.830. The van der Waals surface area contributed by atoms with Crippen LogP contribution in [-0.4, -0.2) is 26.2 Å². The topological polar surface area (TPSA) is 47.6 Å². The molecule has 16 heavy (non-hydrogen) atoms. The first kappa shape index (κ1) is 12.5. The van der Waals surface area contributed by atoms with Crippen molar-refractivity contribution in [2.24, 2.45) is 0 Å². The van der Waals surface area contributed by atoms with E-state index in [1.54, 1.807) is 7.11 Å². The lowest BCUT2D eigenvalue weighted by atomic mass is 10.2. The minimum atomic E-state index is -0.175. The van der Waals surface area contributed by atoms with Gasteiger partial charge < -0.3 is 14.8 Å². The smallest absolute Gasteiger partial charge is 0.250 e. The maximum atomic E-state index is 11.5. The number of nitrogens with one attached hydrogen (secondary N) is 1. The second kappa shape index (κ2) is 6.12. The SMILES string of the molecule is CCOCC(=O)Nc1cc(C)ccc1OC. The van der Waals surface area contributed by atoms with Gasteiger partial charge in [0.2, 0.25) is 5.91 Å². The minimum Gasteiger partial charge on any atom is -0.495 e. The fourth-order valence-corrected chi connectivity index (χ4v) is 1.30. The molecular weight excluding hydrogens is 206 g/mol. The Morgan fingerprint density at radius 3 is 2.81 bits per heavy atom. The van der Waals surface area contributed by atoms with Crippen LogP contribution >= 0.6 is 0 Å². The average Bonchev–Trinajstić information content (AvgIpc) is 2.27. The number of aryl methyl sites for hydroxylation is 1. The van der Waals surface area contributed by atoms with E-state index in [1.165, 1.54) is 0 Å². The highest BCUT2D eigenvalue weighted by Gasteiger charge is 2.07. The third-order valence-corrected chi connectivity index (χ3v) is 2.07. The Kier molecular flexibility index (Phi) is 4.79. The van der Waals surface area contributed by atoms with Crippen LogP contribution in [0.4, 0.5) is 5.69 Å². The number of anilines is 1. The van der Waals surface area contributed by atoms with Gasteiger partial charge in [0, 0.05) is 6.61 Å². The molecule has 1 aromatic carbocycles. The summed E-state index contributed by atoms with van der Waals surface area (Å²) in [5.74, 6) is 0.473. The molecule has 0 atom stereocenters. The van der Waals surface area contributed by atoms with Crippen molar-refractivity contribution in [1.29, 1.82) is 0 Å². The molecule has 4 heteroatoms. The molecule has 88 valence electrons. The zero-order valence-electron chi connectivity index (χ0n) is 9.87. The first-order chi connectivity index (χ1) is 7.67. The highest BCUT2D eigenvalue weighted by Crippen LogP contribution is 2.24. The predicted molar refractivity (Wildman–Crippen MR) is 62.9 cm³/mol. The molecule has 1 rings (SSSR count). The molecule has 1 amide bonds. The second-order valence-corrected chi connectivity index (χ2v) is 3.39. The number of carbonyl (C=O) groups excluding carboxylic acids is 1. The number of hydrogen-bond donors (Lipinski definition) is 1. The molecular formula is C12H17NO3. The Morgan fingerprint density at radius 1 is 1.44 bits per heavy atom. The van der Waals surface area contributed by atoms with E-state index in [0.717, 1.165) is 5.56 Å². The van der Waals surface area contributed by atoms with Crippen LogP contribution in [0.15, 0.2) is 18.2 Å². The van der Waals surface area contributed by atoms with E-state index in [9.17, 15) is 4.79 Å². The number of carbonyl (C=O) groups is 1. The molecule has 0 spiro atoms. The summed E-state index contributed by atoms with van der Waals surface area (Å²) in [6.45, 7) is 4.39. The van der Waals surface area contributed by atoms with Gasteiger partial charge in [0.05, 0.1) is 12.8 Å². The first-order valence-electron chi connectivity index (χ1n) is 5.19. The molecule has 0 heterocycles. The molecule has 1 aromatic rings. The summed E-state index contributed by atoms with van der Waals surface area (Å²) in [7, 11) is 1.57. The van der Waals surface area contributed by atoms with Crippen molar-refractivity contribution in [1.82, 2.24) is 0 Å². The van der Waals surface area contributed by atoms with Gasteiger partial charge in [-0.05, 0) is 31.5 Å². The third-order valence-electron chi connectivity index (χ3n) is 2.07. The first-order valence-corrected chi connectivity index (χ1v) is 5.19. The molecule has 0 radical (unpaired) electrons. The molecule has 1 N–H and O–H groups in total. The highest BCUT2D eigenvalue weighted by molar-refractivity contribution is 5.93. The summed E-state index contributed by atoms with van der Waals surface area (Å²) in [4.78, 5) is 11.5. The van der Waals surface area contributed by atoms with E-state index >= 15 is 0 Å². The van der Waals surface area contributed by atoms with E-state index in [0.29, 0.717) is 18.0 Å². The van der Waals surface area contributed by atoms with Gasteiger partial charge in [-0.3, -0.25) is 4.79 Å². The van der Waals surface area contributed by atoms with Crippen LogP contribution < -0.4 is 10.1 Å². The number of ether oxygens (including phenoxy) is 2. The zero-order chi connectivity index (χ0) is 12.0. The van der Waals surface area contributed by atoms with E-state index in [-0.39, 0.29) is 12.5 Å². The largest absolute Gasteiger partial charge is 0.495 e. The molecule has 0 aliphatic heterocycles.